The van der Waals surface area contributed by atoms with Crippen LogP contribution in [0.4, 0.5) is 0 Å². The van der Waals surface area contributed by atoms with Crippen LogP contribution < -0.4 is 5.32 Å². The van der Waals surface area contributed by atoms with Crippen molar-refractivity contribution in [1.29, 1.82) is 0 Å². The number of likely N-dealkylation sites (N-methyl/N-ethyl adjacent to an activating group) is 1. The second kappa shape index (κ2) is 9.65. The first kappa shape index (κ1) is 17.9. The second-order valence-corrected chi connectivity index (χ2v) is 6.24. The zero-order valence-electron chi connectivity index (χ0n) is 14.4. The van der Waals surface area contributed by atoms with Gasteiger partial charge in [-0.15, -0.1) is 0 Å². The lowest BCUT2D eigenvalue weighted by molar-refractivity contribution is 0.0951. The summed E-state index contributed by atoms with van der Waals surface area (Å²) >= 11 is 0. The van der Waals surface area contributed by atoms with Gasteiger partial charge in [-0.3, -0.25) is 9.69 Å². The van der Waals surface area contributed by atoms with E-state index >= 15 is 0 Å². The van der Waals surface area contributed by atoms with E-state index in [1.807, 2.05) is 18.2 Å². The molecule has 0 radical (unpaired) electrons. The van der Waals surface area contributed by atoms with Crippen LogP contribution in [0, 0.1) is 0 Å². The number of hydrogen-bond donors (Lipinski definition) is 1. The number of piperazine rings is 1. The van der Waals surface area contributed by atoms with Crippen molar-refractivity contribution < 1.29 is 9.53 Å². The number of ether oxygens (including phenoxy) is 1. The fraction of sp³-hybridized carbons (Fsp3) is 0.611. The van der Waals surface area contributed by atoms with Crippen molar-refractivity contribution in [1.82, 2.24) is 15.1 Å². The molecular formula is C18H29N3O2. The molecule has 23 heavy (non-hydrogen) atoms. The minimum Gasteiger partial charge on any atom is -0.385 e. The molecule has 1 aromatic carbocycles. The quantitative estimate of drug-likeness (QED) is 0.739. The second-order valence-electron chi connectivity index (χ2n) is 6.24. The van der Waals surface area contributed by atoms with E-state index in [4.69, 9.17) is 4.74 Å². The summed E-state index contributed by atoms with van der Waals surface area (Å²) in [6, 6.07) is 7.99. The number of benzene rings is 1. The van der Waals surface area contributed by atoms with E-state index in [1.165, 1.54) is 5.56 Å². The summed E-state index contributed by atoms with van der Waals surface area (Å²) in [7, 11) is 3.86. The molecule has 0 atom stereocenters. The summed E-state index contributed by atoms with van der Waals surface area (Å²) in [5, 5.41) is 2.98. The molecule has 0 saturated carbocycles. The van der Waals surface area contributed by atoms with Gasteiger partial charge in [0.2, 0.25) is 0 Å². The molecule has 1 fully saturated rings. The lowest BCUT2D eigenvalue weighted by Crippen LogP contribution is -2.43. The number of nitrogens with zero attached hydrogens (tertiary/aromatic N) is 2. The van der Waals surface area contributed by atoms with Crippen molar-refractivity contribution in [2.24, 2.45) is 0 Å². The molecule has 1 saturated heterocycles. The fourth-order valence-corrected chi connectivity index (χ4v) is 2.75. The van der Waals surface area contributed by atoms with Crippen LogP contribution in [0.15, 0.2) is 24.3 Å². The summed E-state index contributed by atoms with van der Waals surface area (Å²) in [5.41, 5.74) is 1.96. The van der Waals surface area contributed by atoms with E-state index in [2.05, 4.69) is 28.2 Å². The monoisotopic (exact) mass is 319 g/mol. The van der Waals surface area contributed by atoms with Gasteiger partial charge in [0.05, 0.1) is 0 Å². The summed E-state index contributed by atoms with van der Waals surface area (Å²) in [4.78, 5) is 17.0. The van der Waals surface area contributed by atoms with E-state index in [0.29, 0.717) is 6.54 Å². The number of unbranched alkanes of at least 4 members (excludes halogenated alkanes) is 1. The maximum atomic E-state index is 12.2. The smallest absolute Gasteiger partial charge is 0.251 e. The maximum Gasteiger partial charge on any atom is 0.251 e. The predicted molar refractivity (Wildman–Crippen MR) is 92.7 cm³/mol. The van der Waals surface area contributed by atoms with Crippen molar-refractivity contribution in [3.05, 3.63) is 35.4 Å². The Morgan fingerprint density at radius 2 is 2.00 bits per heavy atom. The molecule has 1 heterocycles. The lowest BCUT2D eigenvalue weighted by Gasteiger charge is -2.32. The Labute approximate surface area is 139 Å². The van der Waals surface area contributed by atoms with Gasteiger partial charge in [0.25, 0.3) is 5.91 Å². The topological polar surface area (TPSA) is 44.8 Å². The summed E-state index contributed by atoms with van der Waals surface area (Å²) in [5.74, 6) is 0.0163. The standard InChI is InChI=1S/C18H29N3O2/c1-20-9-11-21(12-10-20)15-16-6-5-7-17(14-16)18(22)19-8-3-4-13-23-2/h5-7,14H,3-4,8-13,15H2,1-2H3,(H,19,22). The van der Waals surface area contributed by atoms with Gasteiger partial charge in [0.1, 0.15) is 0 Å². The molecule has 5 nitrogen and oxygen atoms in total. The summed E-state index contributed by atoms with van der Waals surface area (Å²) < 4.78 is 5.01. The molecule has 1 aliphatic rings. The molecule has 128 valence electrons. The third kappa shape index (κ3) is 6.29. The zero-order valence-corrected chi connectivity index (χ0v) is 14.4. The van der Waals surface area contributed by atoms with E-state index in [-0.39, 0.29) is 5.91 Å². The van der Waals surface area contributed by atoms with Crippen LogP contribution in [-0.2, 0) is 11.3 Å². The van der Waals surface area contributed by atoms with E-state index < -0.39 is 0 Å². The number of carbonyl (C=O) groups is 1. The van der Waals surface area contributed by atoms with Crippen LogP contribution in [0.2, 0.25) is 0 Å². The minimum atomic E-state index is 0.0163. The molecule has 2 rings (SSSR count). The Balaban J connectivity index is 1.80. The van der Waals surface area contributed by atoms with E-state index in [9.17, 15) is 4.79 Å². The highest BCUT2D eigenvalue weighted by Crippen LogP contribution is 2.10. The molecule has 1 N–H and O–H groups in total. The van der Waals surface area contributed by atoms with Crippen LogP contribution in [0.1, 0.15) is 28.8 Å². The molecule has 1 aromatic rings. The molecule has 0 aromatic heterocycles. The minimum absolute atomic E-state index is 0.0163. The molecule has 0 bridgehead atoms. The fourth-order valence-electron chi connectivity index (χ4n) is 2.75. The molecule has 1 aliphatic heterocycles. The van der Waals surface area contributed by atoms with Gasteiger partial charge in [-0.05, 0) is 37.6 Å². The van der Waals surface area contributed by atoms with Crippen LogP contribution >= 0.6 is 0 Å². The van der Waals surface area contributed by atoms with Gasteiger partial charge in [0.15, 0.2) is 0 Å². The third-order valence-electron chi connectivity index (χ3n) is 4.25. The van der Waals surface area contributed by atoms with Crippen LogP contribution in [0.25, 0.3) is 0 Å². The number of methoxy groups -OCH3 is 1. The van der Waals surface area contributed by atoms with Gasteiger partial charge in [-0.1, -0.05) is 12.1 Å². The Hall–Kier alpha value is -1.43. The first-order valence-electron chi connectivity index (χ1n) is 8.46. The van der Waals surface area contributed by atoms with Gasteiger partial charge >= 0.3 is 0 Å². The summed E-state index contributed by atoms with van der Waals surface area (Å²) in [6.07, 6.45) is 1.92. The SMILES string of the molecule is COCCCCNC(=O)c1cccc(CN2CCN(C)CC2)c1. The van der Waals surface area contributed by atoms with Crippen LogP contribution in [0.5, 0.6) is 0 Å². The molecule has 0 aliphatic carbocycles. The van der Waals surface area contributed by atoms with E-state index in [1.54, 1.807) is 7.11 Å². The maximum absolute atomic E-state index is 12.2. The molecule has 5 heteroatoms. The van der Waals surface area contributed by atoms with Crippen molar-refractivity contribution in [2.45, 2.75) is 19.4 Å². The lowest BCUT2D eigenvalue weighted by atomic mass is 10.1. The highest BCUT2D eigenvalue weighted by molar-refractivity contribution is 5.94. The predicted octanol–water partition coefficient (Wildman–Crippen LogP) is 1.59. The molecule has 1 amide bonds. The summed E-state index contributed by atoms with van der Waals surface area (Å²) in [6.45, 7) is 6.77. The Kier molecular flexibility index (Phi) is 7.52. The number of nitrogens with one attached hydrogen (secondary N) is 1. The van der Waals surface area contributed by atoms with Crippen LogP contribution in [-0.4, -0.2) is 69.2 Å². The van der Waals surface area contributed by atoms with Crippen molar-refractivity contribution in [2.75, 3.05) is 53.5 Å². The number of amides is 1. The largest absolute Gasteiger partial charge is 0.385 e. The molecular weight excluding hydrogens is 290 g/mol. The molecule has 0 unspecified atom stereocenters. The number of rotatable bonds is 8. The first-order chi connectivity index (χ1) is 11.2. The normalized spacial score (nSPS) is 16.4. The van der Waals surface area contributed by atoms with Gasteiger partial charge in [-0.25, -0.2) is 0 Å². The average molecular weight is 319 g/mol. The van der Waals surface area contributed by atoms with Gasteiger partial charge in [0, 0.05) is 58.5 Å². The number of hydrogen-bond acceptors (Lipinski definition) is 4. The van der Waals surface area contributed by atoms with E-state index in [0.717, 1.165) is 57.7 Å². The average Bonchev–Trinajstić information content (AvgIpc) is 2.57. The first-order valence-corrected chi connectivity index (χ1v) is 8.46. The Morgan fingerprint density at radius 3 is 2.74 bits per heavy atom. The Bertz CT molecular complexity index is 485. The number of carbonyl (C=O) groups excluding carboxylic acids is 1. The third-order valence-corrected chi connectivity index (χ3v) is 4.25. The zero-order chi connectivity index (χ0) is 16.5. The highest BCUT2D eigenvalue weighted by atomic mass is 16.5. The Morgan fingerprint density at radius 1 is 1.22 bits per heavy atom. The van der Waals surface area contributed by atoms with Crippen LogP contribution in [0.3, 0.4) is 0 Å². The van der Waals surface area contributed by atoms with Crippen molar-refractivity contribution in [3.8, 4) is 0 Å². The van der Waals surface area contributed by atoms with Gasteiger partial charge in [-0.2, -0.15) is 0 Å². The molecule has 0 spiro atoms. The van der Waals surface area contributed by atoms with Crippen molar-refractivity contribution >= 4 is 5.91 Å². The van der Waals surface area contributed by atoms with Gasteiger partial charge < -0.3 is 15.0 Å². The van der Waals surface area contributed by atoms with Crippen molar-refractivity contribution in [3.63, 3.8) is 0 Å². The highest BCUT2D eigenvalue weighted by Gasteiger charge is 2.14.